The molecule has 96 valence electrons. The van der Waals surface area contributed by atoms with Crippen molar-refractivity contribution in [2.75, 3.05) is 0 Å². The highest BCUT2D eigenvalue weighted by molar-refractivity contribution is 5.90. The molecular weight excluding hydrogens is 237 g/mol. The van der Waals surface area contributed by atoms with Crippen LogP contribution in [0.4, 0.5) is 13.2 Å². The standard InChI is InChI=1S/C10H13F3N2O2/c1-5(2)6(3)17-9(16)7-4-14-15-8(7)10(11,12)13/h4-6H,1-3H3,(H,14,15). The molecule has 0 amide bonds. The average Bonchev–Trinajstić information content (AvgIpc) is 2.64. The van der Waals surface area contributed by atoms with Crippen molar-refractivity contribution in [3.8, 4) is 0 Å². The Kier molecular flexibility index (Phi) is 3.79. The minimum atomic E-state index is -4.65. The summed E-state index contributed by atoms with van der Waals surface area (Å²) < 4.78 is 42.3. The van der Waals surface area contributed by atoms with Crippen LogP contribution in [0.25, 0.3) is 0 Å². The Morgan fingerprint density at radius 3 is 2.47 bits per heavy atom. The molecule has 0 bridgehead atoms. The predicted octanol–water partition coefficient (Wildman–Crippen LogP) is 2.63. The number of esters is 1. The van der Waals surface area contributed by atoms with Crippen molar-refractivity contribution in [1.29, 1.82) is 0 Å². The Morgan fingerprint density at radius 2 is 2.00 bits per heavy atom. The first-order valence-electron chi connectivity index (χ1n) is 5.05. The van der Waals surface area contributed by atoms with Gasteiger partial charge < -0.3 is 4.74 Å². The quantitative estimate of drug-likeness (QED) is 0.839. The lowest BCUT2D eigenvalue weighted by Gasteiger charge is -2.16. The molecule has 0 saturated carbocycles. The molecule has 0 aromatic carbocycles. The van der Waals surface area contributed by atoms with E-state index in [9.17, 15) is 18.0 Å². The van der Waals surface area contributed by atoms with E-state index < -0.39 is 29.5 Å². The van der Waals surface area contributed by atoms with Gasteiger partial charge in [0.25, 0.3) is 0 Å². The fraction of sp³-hybridized carbons (Fsp3) is 0.600. The number of halogens is 3. The summed E-state index contributed by atoms with van der Waals surface area (Å²) in [5.41, 5.74) is -1.77. The number of H-pyrrole nitrogens is 1. The van der Waals surface area contributed by atoms with Crippen LogP contribution in [-0.2, 0) is 10.9 Å². The first-order valence-corrected chi connectivity index (χ1v) is 5.05. The number of aromatic nitrogens is 2. The summed E-state index contributed by atoms with van der Waals surface area (Å²) in [7, 11) is 0. The van der Waals surface area contributed by atoms with Crippen molar-refractivity contribution in [3.05, 3.63) is 17.5 Å². The number of ether oxygens (including phenoxy) is 1. The molecule has 1 N–H and O–H groups in total. The second-order valence-electron chi connectivity index (χ2n) is 4.01. The fourth-order valence-electron chi connectivity index (χ4n) is 1.03. The van der Waals surface area contributed by atoms with E-state index in [1.165, 1.54) is 0 Å². The summed E-state index contributed by atoms with van der Waals surface area (Å²) in [5, 5.41) is 4.97. The van der Waals surface area contributed by atoms with Gasteiger partial charge in [-0.1, -0.05) is 13.8 Å². The molecule has 0 fully saturated rings. The number of carbonyl (C=O) groups is 1. The normalized spacial score (nSPS) is 13.8. The van der Waals surface area contributed by atoms with Crippen LogP contribution in [0.3, 0.4) is 0 Å². The van der Waals surface area contributed by atoms with Crippen molar-refractivity contribution in [1.82, 2.24) is 10.2 Å². The molecular formula is C10H13F3N2O2. The molecule has 1 aromatic heterocycles. The van der Waals surface area contributed by atoms with Crippen molar-refractivity contribution in [2.24, 2.45) is 5.92 Å². The minimum Gasteiger partial charge on any atom is -0.459 e. The molecule has 4 nitrogen and oxygen atoms in total. The maximum Gasteiger partial charge on any atom is 0.433 e. The van der Waals surface area contributed by atoms with Crippen LogP contribution in [0, 0.1) is 5.92 Å². The number of nitrogens with one attached hydrogen (secondary N) is 1. The van der Waals surface area contributed by atoms with Gasteiger partial charge in [-0.3, -0.25) is 5.10 Å². The second kappa shape index (κ2) is 4.77. The van der Waals surface area contributed by atoms with Gasteiger partial charge in [0, 0.05) is 0 Å². The average molecular weight is 250 g/mol. The van der Waals surface area contributed by atoms with Gasteiger partial charge in [-0.15, -0.1) is 0 Å². The Hall–Kier alpha value is -1.53. The van der Waals surface area contributed by atoms with Gasteiger partial charge in [0.15, 0.2) is 5.69 Å². The van der Waals surface area contributed by atoms with Crippen molar-refractivity contribution < 1.29 is 22.7 Å². The third kappa shape index (κ3) is 3.21. The van der Waals surface area contributed by atoms with E-state index in [2.05, 4.69) is 5.10 Å². The number of nitrogens with zero attached hydrogens (tertiary/aromatic N) is 1. The lowest BCUT2D eigenvalue weighted by molar-refractivity contribution is -0.141. The van der Waals surface area contributed by atoms with Crippen molar-refractivity contribution in [3.63, 3.8) is 0 Å². The number of alkyl halides is 3. The number of carbonyl (C=O) groups excluding carboxylic acids is 1. The van der Waals surface area contributed by atoms with Crippen LogP contribution in [0.1, 0.15) is 36.8 Å². The monoisotopic (exact) mass is 250 g/mol. The molecule has 1 unspecified atom stereocenters. The van der Waals surface area contributed by atoms with Crippen LogP contribution in [0.15, 0.2) is 6.20 Å². The zero-order valence-electron chi connectivity index (χ0n) is 9.63. The summed E-state index contributed by atoms with van der Waals surface area (Å²) in [6.07, 6.45) is -4.29. The lowest BCUT2D eigenvalue weighted by Crippen LogP contribution is -2.22. The number of rotatable bonds is 3. The fourth-order valence-corrected chi connectivity index (χ4v) is 1.03. The topological polar surface area (TPSA) is 55.0 Å². The largest absolute Gasteiger partial charge is 0.459 e. The van der Waals surface area contributed by atoms with E-state index in [1.54, 1.807) is 25.9 Å². The second-order valence-corrected chi connectivity index (χ2v) is 4.01. The zero-order valence-corrected chi connectivity index (χ0v) is 9.63. The summed E-state index contributed by atoms with van der Waals surface area (Å²) in [6.45, 7) is 5.23. The predicted molar refractivity (Wildman–Crippen MR) is 53.3 cm³/mol. The zero-order chi connectivity index (χ0) is 13.2. The van der Waals surface area contributed by atoms with Gasteiger partial charge in [-0.05, 0) is 12.8 Å². The number of hydrogen-bond acceptors (Lipinski definition) is 3. The van der Waals surface area contributed by atoms with Crippen LogP contribution >= 0.6 is 0 Å². The van der Waals surface area contributed by atoms with Crippen molar-refractivity contribution in [2.45, 2.75) is 33.1 Å². The molecule has 1 atom stereocenters. The van der Waals surface area contributed by atoms with Crippen LogP contribution < -0.4 is 0 Å². The lowest BCUT2D eigenvalue weighted by atomic mass is 10.1. The molecule has 17 heavy (non-hydrogen) atoms. The highest BCUT2D eigenvalue weighted by Gasteiger charge is 2.38. The molecule has 0 radical (unpaired) electrons. The van der Waals surface area contributed by atoms with Gasteiger partial charge in [0.2, 0.25) is 0 Å². The van der Waals surface area contributed by atoms with Crippen LogP contribution in [0.2, 0.25) is 0 Å². The maximum atomic E-state index is 12.5. The summed E-state index contributed by atoms with van der Waals surface area (Å²) in [6, 6.07) is 0. The summed E-state index contributed by atoms with van der Waals surface area (Å²) >= 11 is 0. The van der Waals surface area contributed by atoms with E-state index in [-0.39, 0.29) is 5.92 Å². The highest BCUT2D eigenvalue weighted by atomic mass is 19.4. The maximum absolute atomic E-state index is 12.5. The summed E-state index contributed by atoms with van der Waals surface area (Å²) in [4.78, 5) is 11.5. The van der Waals surface area contributed by atoms with Gasteiger partial charge in [-0.25, -0.2) is 4.79 Å². The number of hydrogen-bond donors (Lipinski definition) is 1. The molecule has 0 spiro atoms. The first kappa shape index (κ1) is 13.5. The molecule has 0 aliphatic heterocycles. The highest BCUT2D eigenvalue weighted by Crippen LogP contribution is 2.30. The van der Waals surface area contributed by atoms with E-state index in [0.717, 1.165) is 6.20 Å². The molecule has 1 heterocycles. The molecule has 1 rings (SSSR count). The molecule has 7 heteroatoms. The first-order chi connectivity index (χ1) is 7.73. The molecule has 1 aromatic rings. The Bertz CT molecular complexity index is 399. The molecule has 0 saturated heterocycles. The van der Waals surface area contributed by atoms with E-state index in [1.807, 2.05) is 0 Å². The third-order valence-corrected chi connectivity index (χ3v) is 2.37. The van der Waals surface area contributed by atoms with Crippen molar-refractivity contribution >= 4 is 5.97 Å². The van der Waals surface area contributed by atoms with E-state index in [0.29, 0.717) is 0 Å². The van der Waals surface area contributed by atoms with Gasteiger partial charge in [-0.2, -0.15) is 18.3 Å². The third-order valence-electron chi connectivity index (χ3n) is 2.37. The minimum absolute atomic E-state index is 0.0280. The summed E-state index contributed by atoms with van der Waals surface area (Å²) in [5.74, 6) is -0.993. The van der Waals surface area contributed by atoms with E-state index >= 15 is 0 Å². The Morgan fingerprint density at radius 1 is 1.41 bits per heavy atom. The number of aromatic amines is 1. The Balaban J connectivity index is 2.87. The smallest absolute Gasteiger partial charge is 0.433 e. The van der Waals surface area contributed by atoms with Crippen LogP contribution in [-0.4, -0.2) is 22.3 Å². The Labute approximate surface area is 96.2 Å². The molecule has 0 aliphatic carbocycles. The van der Waals surface area contributed by atoms with E-state index in [4.69, 9.17) is 4.74 Å². The SMILES string of the molecule is CC(C)C(C)OC(=O)c1cn[nH]c1C(F)(F)F. The van der Waals surface area contributed by atoms with Gasteiger partial charge >= 0.3 is 12.1 Å². The van der Waals surface area contributed by atoms with Gasteiger partial charge in [0.1, 0.15) is 11.7 Å². The van der Waals surface area contributed by atoms with Gasteiger partial charge in [0.05, 0.1) is 6.20 Å². The van der Waals surface area contributed by atoms with Crippen LogP contribution in [0.5, 0.6) is 0 Å². The molecule has 0 aliphatic rings.